The van der Waals surface area contributed by atoms with Gasteiger partial charge in [-0.25, -0.2) is 0 Å². The largest absolute Gasteiger partial charge is 0.490 e. The van der Waals surface area contributed by atoms with Crippen molar-refractivity contribution < 1.29 is 14.6 Å². The quantitative estimate of drug-likeness (QED) is 0.896. The van der Waals surface area contributed by atoms with E-state index in [2.05, 4.69) is 0 Å². The maximum Gasteiger partial charge on any atom is 0.161 e. The van der Waals surface area contributed by atoms with Crippen molar-refractivity contribution in [1.29, 1.82) is 0 Å². The first kappa shape index (κ1) is 13.7. The maximum absolute atomic E-state index is 11.0. The molecule has 110 valence electrons. The molecule has 20 heavy (non-hydrogen) atoms. The van der Waals surface area contributed by atoms with Crippen molar-refractivity contribution >= 4 is 0 Å². The molecule has 1 atom stereocenters. The highest BCUT2D eigenvalue weighted by Gasteiger charge is 2.35. The minimum absolute atomic E-state index is 0.348. The third-order valence-corrected chi connectivity index (χ3v) is 4.73. The van der Waals surface area contributed by atoms with Crippen molar-refractivity contribution in [2.75, 3.05) is 13.2 Å². The van der Waals surface area contributed by atoms with E-state index in [4.69, 9.17) is 9.47 Å². The molecule has 1 aromatic rings. The van der Waals surface area contributed by atoms with Crippen LogP contribution in [0.5, 0.6) is 11.5 Å². The average molecular weight is 276 g/mol. The molecule has 1 aromatic carbocycles. The Morgan fingerprint density at radius 1 is 1.00 bits per heavy atom. The van der Waals surface area contributed by atoms with Crippen molar-refractivity contribution in [3.8, 4) is 11.5 Å². The molecular formula is C17H24O3. The van der Waals surface area contributed by atoms with Gasteiger partial charge in [0.05, 0.1) is 18.8 Å². The SMILES string of the molecule is CC(O)(c1ccc2c(c1)OCCCO2)C1CCCCC1. The normalized spacial score (nSPS) is 22.9. The van der Waals surface area contributed by atoms with E-state index in [9.17, 15) is 5.11 Å². The van der Waals surface area contributed by atoms with Crippen molar-refractivity contribution in [1.82, 2.24) is 0 Å². The van der Waals surface area contributed by atoms with Gasteiger partial charge >= 0.3 is 0 Å². The summed E-state index contributed by atoms with van der Waals surface area (Å²) in [5.41, 5.74) is 0.180. The number of hydrogen-bond donors (Lipinski definition) is 1. The van der Waals surface area contributed by atoms with Crippen LogP contribution in [0.25, 0.3) is 0 Å². The standard InChI is InChI=1S/C17H24O3/c1-17(18,13-6-3-2-4-7-13)14-8-9-15-16(12-14)20-11-5-10-19-15/h8-9,12-13,18H,2-7,10-11H2,1H3. The van der Waals surface area contributed by atoms with E-state index in [0.717, 1.165) is 36.3 Å². The summed E-state index contributed by atoms with van der Waals surface area (Å²) in [5.74, 6) is 1.92. The van der Waals surface area contributed by atoms with Crippen molar-refractivity contribution in [2.45, 2.75) is 51.0 Å². The van der Waals surface area contributed by atoms with E-state index in [1.165, 1.54) is 19.3 Å². The fourth-order valence-corrected chi connectivity index (χ4v) is 3.38. The Bertz CT molecular complexity index is 461. The van der Waals surface area contributed by atoms with Crippen LogP contribution >= 0.6 is 0 Å². The topological polar surface area (TPSA) is 38.7 Å². The number of rotatable bonds is 2. The van der Waals surface area contributed by atoms with Gasteiger partial charge in [0, 0.05) is 6.42 Å². The van der Waals surface area contributed by atoms with Gasteiger partial charge in [0.15, 0.2) is 11.5 Å². The molecule has 1 aliphatic carbocycles. The van der Waals surface area contributed by atoms with Gasteiger partial charge in [-0.1, -0.05) is 25.3 Å². The molecule has 2 aliphatic rings. The summed E-state index contributed by atoms with van der Waals surface area (Å²) in [5, 5.41) is 11.0. The van der Waals surface area contributed by atoms with Gasteiger partial charge in [-0.15, -0.1) is 0 Å². The molecule has 0 saturated heterocycles. The predicted octanol–water partition coefficient (Wildman–Crippen LogP) is 3.64. The number of benzene rings is 1. The molecule has 1 saturated carbocycles. The van der Waals surface area contributed by atoms with Crippen LogP contribution in [0.15, 0.2) is 18.2 Å². The lowest BCUT2D eigenvalue weighted by atomic mass is 9.74. The van der Waals surface area contributed by atoms with Crippen LogP contribution in [-0.2, 0) is 5.60 Å². The number of fused-ring (bicyclic) bond motifs is 1. The van der Waals surface area contributed by atoms with Crippen molar-refractivity contribution in [2.24, 2.45) is 5.92 Å². The molecule has 0 bridgehead atoms. The lowest BCUT2D eigenvalue weighted by molar-refractivity contribution is -0.0216. The van der Waals surface area contributed by atoms with Gasteiger partial charge in [-0.2, -0.15) is 0 Å². The fraction of sp³-hybridized carbons (Fsp3) is 0.647. The minimum Gasteiger partial charge on any atom is -0.490 e. The molecule has 3 nitrogen and oxygen atoms in total. The van der Waals surface area contributed by atoms with Gasteiger partial charge in [0.2, 0.25) is 0 Å². The van der Waals surface area contributed by atoms with Crippen LogP contribution in [0, 0.1) is 5.92 Å². The first-order valence-corrected chi connectivity index (χ1v) is 7.80. The smallest absolute Gasteiger partial charge is 0.161 e. The molecule has 1 heterocycles. The summed E-state index contributed by atoms with van der Waals surface area (Å²) in [6, 6.07) is 5.89. The Labute approximate surface area is 120 Å². The lowest BCUT2D eigenvalue weighted by Crippen LogP contribution is -2.33. The Kier molecular flexibility index (Phi) is 3.88. The van der Waals surface area contributed by atoms with Gasteiger partial charge in [-0.3, -0.25) is 0 Å². The van der Waals surface area contributed by atoms with E-state index in [0.29, 0.717) is 19.1 Å². The van der Waals surface area contributed by atoms with Gasteiger partial charge in [0.25, 0.3) is 0 Å². The third-order valence-electron chi connectivity index (χ3n) is 4.73. The Hall–Kier alpha value is -1.22. The molecular weight excluding hydrogens is 252 g/mol. The van der Waals surface area contributed by atoms with E-state index in [1.807, 2.05) is 25.1 Å². The van der Waals surface area contributed by atoms with Crippen LogP contribution in [-0.4, -0.2) is 18.3 Å². The summed E-state index contributed by atoms with van der Waals surface area (Å²) in [7, 11) is 0. The summed E-state index contributed by atoms with van der Waals surface area (Å²) in [4.78, 5) is 0. The zero-order valence-corrected chi connectivity index (χ0v) is 12.2. The highest BCUT2D eigenvalue weighted by molar-refractivity contribution is 5.45. The molecule has 1 unspecified atom stereocenters. The average Bonchev–Trinajstić information content (AvgIpc) is 2.72. The maximum atomic E-state index is 11.0. The first-order chi connectivity index (χ1) is 9.68. The third kappa shape index (κ3) is 2.64. The summed E-state index contributed by atoms with van der Waals surface area (Å²) < 4.78 is 11.4. The molecule has 1 N–H and O–H groups in total. The minimum atomic E-state index is -0.773. The highest BCUT2D eigenvalue weighted by Crippen LogP contribution is 2.41. The number of ether oxygens (including phenoxy) is 2. The van der Waals surface area contributed by atoms with Crippen molar-refractivity contribution in [3.63, 3.8) is 0 Å². The summed E-state index contributed by atoms with van der Waals surface area (Å²) in [6.07, 6.45) is 6.89. The molecule has 1 aliphatic heterocycles. The molecule has 0 amide bonds. The van der Waals surface area contributed by atoms with Crippen LogP contribution in [0.4, 0.5) is 0 Å². The second kappa shape index (κ2) is 5.65. The lowest BCUT2D eigenvalue weighted by Gasteiger charge is -2.36. The molecule has 0 radical (unpaired) electrons. The van der Waals surface area contributed by atoms with E-state index in [-0.39, 0.29) is 0 Å². The summed E-state index contributed by atoms with van der Waals surface area (Å²) in [6.45, 7) is 3.33. The van der Waals surface area contributed by atoms with Crippen molar-refractivity contribution in [3.05, 3.63) is 23.8 Å². The van der Waals surface area contributed by atoms with Gasteiger partial charge in [0.1, 0.15) is 0 Å². The molecule has 3 rings (SSSR count). The van der Waals surface area contributed by atoms with Crippen LogP contribution in [0.1, 0.15) is 51.0 Å². The monoisotopic (exact) mass is 276 g/mol. The Balaban J connectivity index is 1.87. The zero-order valence-electron chi connectivity index (χ0n) is 12.2. The van der Waals surface area contributed by atoms with Crippen LogP contribution in [0.2, 0.25) is 0 Å². The van der Waals surface area contributed by atoms with Gasteiger partial charge in [-0.05, 0) is 43.4 Å². The highest BCUT2D eigenvalue weighted by atomic mass is 16.5. The van der Waals surface area contributed by atoms with E-state index in [1.54, 1.807) is 0 Å². The van der Waals surface area contributed by atoms with Crippen LogP contribution < -0.4 is 9.47 Å². The molecule has 3 heteroatoms. The second-order valence-corrected chi connectivity index (χ2v) is 6.19. The fourth-order valence-electron chi connectivity index (χ4n) is 3.38. The van der Waals surface area contributed by atoms with Gasteiger partial charge < -0.3 is 14.6 Å². The molecule has 0 aromatic heterocycles. The molecule has 0 spiro atoms. The Morgan fingerprint density at radius 3 is 2.45 bits per heavy atom. The first-order valence-electron chi connectivity index (χ1n) is 7.80. The second-order valence-electron chi connectivity index (χ2n) is 6.19. The van der Waals surface area contributed by atoms with E-state index < -0.39 is 5.60 Å². The van der Waals surface area contributed by atoms with Crippen LogP contribution in [0.3, 0.4) is 0 Å². The summed E-state index contributed by atoms with van der Waals surface area (Å²) >= 11 is 0. The Morgan fingerprint density at radius 2 is 1.70 bits per heavy atom. The number of aliphatic hydroxyl groups is 1. The predicted molar refractivity (Wildman–Crippen MR) is 78.2 cm³/mol. The number of hydrogen-bond acceptors (Lipinski definition) is 3. The van der Waals surface area contributed by atoms with E-state index >= 15 is 0 Å². The molecule has 1 fully saturated rings. The zero-order chi connectivity index (χ0) is 14.0.